The first-order valence-corrected chi connectivity index (χ1v) is 11.5. The first-order valence-electron chi connectivity index (χ1n) is 11.1. The number of nitrogens with one attached hydrogen (secondary N) is 1. The number of benzene rings is 1. The summed E-state index contributed by atoms with van der Waals surface area (Å²) in [6, 6.07) is 13.2. The number of anilines is 1. The van der Waals surface area contributed by atoms with Gasteiger partial charge in [0.2, 0.25) is 0 Å². The number of piperidine rings is 1. The van der Waals surface area contributed by atoms with Gasteiger partial charge in [-0.1, -0.05) is 29.8 Å². The Morgan fingerprint density at radius 3 is 2.85 bits per heavy atom. The molecule has 1 aliphatic heterocycles. The third-order valence-electron chi connectivity index (χ3n) is 6.10. The van der Waals surface area contributed by atoms with Crippen molar-refractivity contribution in [1.82, 2.24) is 24.5 Å². The predicted molar refractivity (Wildman–Crippen MR) is 133 cm³/mol. The van der Waals surface area contributed by atoms with Crippen molar-refractivity contribution in [2.75, 3.05) is 25.0 Å². The van der Waals surface area contributed by atoms with Crippen molar-refractivity contribution in [3.63, 3.8) is 0 Å². The minimum Gasteiger partial charge on any atom is -0.370 e. The third kappa shape index (κ3) is 4.43. The molecule has 3 aromatic heterocycles. The fraction of sp³-hybridized carbons (Fsp3) is 0.250. The Morgan fingerprint density at radius 2 is 2.03 bits per heavy atom. The summed E-state index contributed by atoms with van der Waals surface area (Å²) in [4.78, 5) is 23.6. The van der Waals surface area contributed by atoms with Gasteiger partial charge in [0, 0.05) is 60.4 Å². The molecule has 9 heteroatoms. The SMILES string of the molecule is Bc1cnn2c(NCC3CCCN(C(=O)c4ccncc4)C3)cc(-c3ccccc3Cl)nc12. The van der Waals surface area contributed by atoms with Crippen molar-refractivity contribution in [2.24, 2.45) is 5.92 Å². The molecule has 0 radical (unpaired) electrons. The van der Waals surface area contributed by atoms with Crippen molar-refractivity contribution >= 4 is 42.3 Å². The van der Waals surface area contributed by atoms with Crippen LogP contribution in [0.25, 0.3) is 16.9 Å². The van der Waals surface area contributed by atoms with Crippen molar-refractivity contribution in [3.05, 3.63) is 71.6 Å². The highest BCUT2D eigenvalue weighted by molar-refractivity contribution is 6.36. The van der Waals surface area contributed by atoms with Gasteiger partial charge in [-0.25, -0.2) is 4.98 Å². The highest BCUT2D eigenvalue weighted by Gasteiger charge is 2.25. The summed E-state index contributed by atoms with van der Waals surface area (Å²) in [6.45, 7) is 2.24. The van der Waals surface area contributed by atoms with E-state index in [1.54, 1.807) is 24.5 Å². The minimum atomic E-state index is 0.0668. The lowest BCUT2D eigenvalue weighted by Gasteiger charge is -2.33. The molecule has 33 heavy (non-hydrogen) atoms. The zero-order valence-corrected chi connectivity index (χ0v) is 19.2. The van der Waals surface area contributed by atoms with Crippen LogP contribution in [0.5, 0.6) is 0 Å². The second-order valence-corrected chi connectivity index (χ2v) is 8.85. The van der Waals surface area contributed by atoms with Crippen LogP contribution in [0.1, 0.15) is 23.2 Å². The number of carbonyl (C=O) groups is 1. The number of likely N-dealkylation sites (tertiary alicyclic amines) is 1. The molecule has 0 aliphatic carbocycles. The number of hydrogen-bond acceptors (Lipinski definition) is 5. The lowest BCUT2D eigenvalue weighted by Crippen LogP contribution is -2.41. The maximum absolute atomic E-state index is 12.9. The van der Waals surface area contributed by atoms with E-state index in [1.165, 1.54) is 0 Å². The molecular formula is C24H24BClN6O. The number of hydrogen-bond donors (Lipinski definition) is 1. The summed E-state index contributed by atoms with van der Waals surface area (Å²) < 4.78 is 1.83. The van der Waals surface area contributed by atoms with Gasteiger partial charge in [0.05, 0.1) is 5.69 Å². The largest absolute Gasteiger partial charge is 0.370 e. The number of amides is 1. The Hall–Kier alpha value is -3.39. The molecule has 0 saturated carbocycles. The molecule has 0 spiro atoms. The van der Waals surface area contributed by atoms with Gasteiger partial charge in [-0.3, -0.25) is 9.78 Å². The van der Waals surface area contributed by atoms with E-state index in [1.807, 2.05) is 53.8 Å². The number of nitrogens with zero attached hydrogens (tertiary/aromatic N) is 5. The molecule has 1 unspecified atom stereocenters. The predicted octanol–water partition coefficient (Wildman–Crippen LogP) is 2.67. The van der Waals surface area contributed by atoms with E-state index in [4.69, 9.17) is 16.6 Å². The summed E-state index contributed by atoms with van der Waals surface area (Å²) in [6.07, 6.45) is 7.19. The molecule has 166 valence electrons. The topological polar surface area (TPSA) is 75.4 Å². The number of carbonyl (C=O) groups excluding carboxylic acids is 1. The van der Waals surface area contributed by atoms with E-state index in [9.17, 15) is 4.79 Å². The summed E-state index contributed by atoms with van der Waals surface area (Å²) in [7, 11) is 2.00. The number of aromatic nitrogens is 4. The van der Waals surface area contributed by atoms with Crippen molar-refractivity contribution in [2.45, 2.75) is 12.8 Å². The summed E-state index contributed by atoms with van der Waals surface area (Å²) >= 11 is 6.45. The maximum atomic E-state index is 12.9. The molecule has 1 amide bonds. The average molecular weight is 459 g/mol. The Kier molecular flexibility index (Phi) is 6.00. The molecule has 5 rings (SSSR count). The summed E-state index contributed by atoms with van der Waals surface area (Å²) in [5.41, 5.74) is 4.17. The zero-order chi connectivity index (χ0) is 22.8. The van der Waals surface area contributed by atoms with E-state index in [2.05, 4.69) is 15.4 Å². The van der Waals surface area contributed by atoms with Crippen LogP contribution in [-0.4, -0.2) is 57.9 Å². The second kappa shape index (κ2) is 9.23. The fourth-order valence-electron chi connectivity index (χ4n) is 4.35. The van der Waals surface area contributed by atoms with E-state index in [-0.39, 0.29) is 5.91 Å². The van der Waals surface area contributed by atoms with Crippen LogP contribution in [0.4, 0.5) is 5.82 Å². The highest BCUT2D eigenvalue weighted by Crippen LogP contribution is 2.28. The molecule has 1 aliphatic rings. The molecule has 4 heterocycles. The molecule has 1 aromatic carbocycles. The second-order valence-electron chi connectivity index (χ2n) is 8.45. The van der Waals surface area contributed by atoms with Gasteiger partial charge in [0.1, 0.15) is 13.7 Å². The molecule has 1 N–H and O–H groups in total. The van der Waals surface area contributed by atoms with Crippen LogP contribution in [-0.2, 0) is 0 Å². The fourth-order valence-corrected chi connectivity index (χ4v) is 4.58. The lowest BCUT2D eigenvalue weighted by molar-refractivity contribution is 0.0680. The van der Waals surface area contributed by atoms with E-state index in [0.717, 1.165) is 60.7 Å². The number of halogens is 1. The lowest BCUT2D eigenvalue weighted by atomic mass is 9.97. The Morgan fingerprint density at radius 1 is 1.21 bits per heavy atom. The molecule has 1 fully saturated rings. The van der Waals surface area contributed by atoms with E-state index in [0.29, 0.717) is 16.5 Å². The Balaban J connectivity index is 1.36. The first-order chi connectivity index (χ1) is 16.1. The van der Waals surface area contributed by atoms with Gasteiger partial charge in [-0.15, -0.1) is 0 Å². The Bertz CT molecular complexity index is 1290. The smallest absolute Gasteiger partial charge is 0.253 e. The average Bonchev–Trinajstić information content (AvgIpc) is 3.24. The molecule has 1 saturated heterocycles. The van der Waals surface area contributed by atoms with Gasteiger partial charge in [-0.2, -0.15) is 9.61 Å². The van der Waals surface area contributed by atoms with Crippen molar-refractivity contribution in [3.8, 4) is 11.3 Å². The first kappa shape index (κ1) is 21.5. The van der Waals surface area contributed by atoms with Gasteiger partial charge in [-0.05, 0) is 42.4 Å². The van der Waals surface area contributed by atoms with Crippen LogP contribution in [0.3, 0.4) is 0 Å². The van der Waals surface area contributed by atoms with E-state index < -0.39 is 0 Å². The highest BCUT2D eigenvalue weighted by atomic mass is 35.5. The van der Waals surface area contributed by atoms with Crippen LogP contribution < -0.4 is 10.8 Å². The number of fused-ring (bicyclic) bond motifs is 1. The number of rotatable bonds is 5. The molecule has 4 aromatic rings. The summed E-state index contributed by atoms with van der Waals surface area (Å²) in [5.74, 6) is 1.27. The van der Waals surface area contributed by atoms with E-state index >= 15 is 0 Å². The summed E-state index contributed by atoms with van der Waals surface area (Å²) in [5, 5.41) is 8.74. The molecular weight excluding hydrogens is 435 g/mol. The molecule has 7 nitrogen and oxygen atoms in total. The van der Waals surface area contributed by atoms with Crippen LogP contribution >= 0.6 is 11.6 Å². The molecule has 1 atom stereocenters. The van der Waals surface area contributed by atoms with Gasteiger partial charge in [0.25, 0.3) is 5.91 Å². The van der Waals surface area contributed by atoms with Gasteiger partial charge in [0.15, 0.2) is 5.65 Å². The molecule has 0 bridgehead atoms. The zero-order valence-electron chi connectivity index (χ0n) is 18.4. The van der Waals surface area contributed by atoms with Gasteiger partial charge < -0.3 is 10.2 Å². The maximum Gasteiger partial charge on any atom is 0.253 e. The van der Waals surface area contributed by atoms with Crippen LogP contribution in [0, 0.1) is 5.92 Å². The number of pyridine rings is 1. The normalized spacial score (nSPS) is 16.2. The quantitative estimate of drug-likeness (QED) is 0.465. The van der Waals surface area contributed by atoms with Crippen LogP contribution in [0.15, 0.2) is 61.1 Å². The Labute approximate surface area is 198 Å². The standard InChI is InChI=1S/C24H24BClN6O/c25-19-14-29-32-22(12-21(30-23(19)32)18-5-1-2-6-20(18)26)28-13-16-4-3-11-31(15-16)24(33)17-7-9-27-10-8-17/h1-2,5-10,12,14,16,28H,3-4,11,13,15,25H2. The third-order valence-corrected chi connectivity index (χ3v) is 6.43. The minimum absolute atomic E-state index is 0.0668. The van der Waals surface area contributed by atoms with Crippen molar-refractivity contribution in [1.29, 1.82) is 0 Å². The van der Waals surface area contributed by atoms with Gasteiger partial charge >= 0.3 is 0 Å². The monoisotopic (exact) mass is 458 g/mol. The van der Waals surface area contributed by atoms with Crippen LogP contribution in [0.2, 0.25) is 5.02 Å². The van der Waals surface area contributed by atoms with Crippen molar-refractivity contribution < 1.29 is 4.79 Å².